The second kappa shape index (κ2) is 51.4. The minimum atomic E-state index is -0.761. The fourth-order valence-electron chi connectivity index (χ4n) is 8.72. The lowest BCUT2D eigenvalue weighted by Crippen LogP contribution is -2.30. The highest BCUT2D eigenvalue weighted by atomic mass is 16.6. The van der Waals surface area contributed by atoms with Crippen molar-refractivity contribution >= 4 is 17.9 Å². The summed E-state index contributed by atoms with van der Waals surface area (Å²) >= 11 is 0. The lowest BCUT2D eigenvalue weighted by molar-refractivity contribution is -0.167. The van der Waals surface area contributed by atoms with Crippen molar-refractivity contribution in [2.24, 2.45) is 5.92 Å². The van der Waals surface area contributed by atoms with Gasteiger partial charge in [-0.1, -0.05) is 285 Å². The maximum absolute atomic E-state index is 12.8. The molecule has 2 atom stereocenters. The predicted molar refractivity (Wildman–Crippen MR) is 270 cm³/mol. The van der Waals surface area contributed by atoms with Gasteiger partial charge in [0.25, 0.3) is 0 Å². The zero-order valence-corrected chi connectivity index (χ0v) is 43.0. The molecule has 0 fully saturated rings. The van der Waals surface area contributed by atoms with E-state index < -0.39 is 6.10 Å². The van der Waals surface area contributed by atoms with Gasteiger partial charge in [-0.15, -0.1) is 0 Å². The van der Waals surface area contributed by atoms with Crippen molar-refractivity contribution < 1.29 is 28.6 Å². The van der Waals surface area contributed by atoms with Crippen LogP contribution in [0, 0.1) is 5.92 Å². The van der Waals surface area contributed by atoms with Crippen LogP contribution in [0.5, 0.6) is 0 Å². The van der Waals surface area contributed by atoms with Gasteiger partial charge in [-0.3, -0.25) is 14.4 Å². The zero-order chi connectivity index (χ0) is 45.9. The molecule has 6 nitrogen and oxygen atoms in total. The number of rotatable bonds is 52. The van der Waals surface area contributed by atoms with E-state index in [1.165, 1.54) is 218 Å². The quantitative estimate of drug-likeness (QED) is 0.0344. The van der Waals surface area contributed by atoms with E-state index in [9.17, 15) is 14.4 Å². The fraction of sp³-hybridized carbons (Fsp3) is 0.947. The second-order valence-electron chi connectivity index (χ2n) is 19.8. The van der Waals surface area contributed by atoms with Crippen molar-refractivity contribution in [1.82, 2.24) is 0 Å². The first-order valence-electron chi connectivity index (χ1n) is 28.4. The topological polar surface area (TPSA) is 78.9 Å². The molecule has 0 spiro atoms. The van der Waals surface area contributed by atoms with E-state index in [0.29, 0.717) is 19.3 Å². The Kier molecular flexibility index (Phi) is 50.1. The molecule has 0 saturated heterocycles. The van der Waals surface area contributed by atoms with E-state index >= 15 is 0 Å². The van der Waals surface area contributed by atoms with Crippen LogP contribution >= 0.6 is 0 Å². The average molecular weight is 892 g/mol. The lowest BCUT2D eigenvalue weighted by Gasteiger charge is -2.18. The van der Waals surface area contributed by atoms with Crippen LogP contribution in [0.15, 0.2) is 0 Å². The molecule has 0 radical (unpaired) electrons. The molecule has 6 heteroatoms. The smallest absolute Gasteiger partial charge is 0.306 e. The van der Waals surface area contributed by atoms with Crippen LogP contribution in [-0.4, -0.2) is 37.2 Å². The van der Waals surface area contributed by atoms with Gasteiger partial charge >= 0.3 is 17.9 Å². The number of unbranched alkanes of at least 4 members (excludes halogenated alkanes) is 38. The number of hydrogen-bond acceptors (Lipinski definition) is 6. The van der Waals surface area contributed by atoms with Crippen LogP contribution in [-0.2, 0) is 28.6 Å². The number of ether oxygens (including phenoxy) is 3. The minimum Gasteiger partial charge on any atom is -0.462 e. The Bertz CT molecular complexity index is 951. The molecule has 0 aromatic rings. The van der Waals surface area contributed by atoms with Gasteiger partial charge in [0.15, 0.2) is 6.10 Å². The van der Waals surface area contributed by atoms with Gasteiger partial charge < -0.3 is 14.2 Å². The summed E-state index contributed by atoms with van der Waals surface area (Å²) in [7, 11) is 0. The van der Waals surface area contributed by atoms with Gasteiger partial charge in [0.05, 0.1) is 0 Å². The monoisotopic (exact) mass is 891 g/mol. The zero-order valence-electron chi connectivity index (χ0n) is 43.0. The van der Waals surface area contributed by atoms with Crippen LogP contribution < -0.4 is 0 Å². The third-order valence-electron chi connectivity index (χ3n) is 13.4. The van der Waals surface area contributed by atoms with E-state index in [2.05, 4.69) is 27.7 Å². The van der Waals surface area contributed by atoms with Crippen molar-refractivity contribution in [3.05, 3.63) is 0 Å². The first-order valence-corrected chi connectivity index (χ1v) is 28.4. The van der Waals surface area contributed by atoms with Gasteiger partial charge in [0.1, 0.15) is 13.2 Å². The highest BCUT2D eigenvalue weighted by Crippen LogP contribution is 2.18. The SMILES string of the molecule is CCCCCCCCCCCCCCCCCC(=O)OC[C@H](COC(=O)CCCCCCCCCCCCCCCCC(C)CC)OC(=O)CCCCCCCCCCCCCC. The predicted octanol–water partition coefficient (Wildman–Crippen LogP) is 18.6. The Morgan fingerprint density at radius 1 is 0.317 bits per heavy atom. The summed E-state index contributed by atoms with van der Waals surface area (Å²) in [6.07, 6.45) is 55.1. The molecule has 0 aliphatic heterocycles. The number of hydrogen-bond donors (Lipinski definition) is 0. The molecule has 63 heavy (non-hydrogen) atoms. The van der Waals surface area contributed by atoms with Gasteiger partial charge in [-0.2, -0.15) is 0 Å². The van der Waals surface area contributed by atoms with E-state index in [1.54, 1.807) is 0 Å². The van der Waals surface area contributed by atoms with Crippen LogP contribution in [0.2, 0.25) is 0 Å². The largest absolute Gasteiger partial charge is 0.462 e. The third-order valence-corrected chi connectivity index (χ3v) is 13.4. The molecule has 0 amide bonds. The molecule has 0 saturated carbocycles. The normalized spacial score (nSPS) is 12.4. The van der Waals surface area contributed by atoms with Crippen molar-refractivity contribution in [2.45, 2.75) is 329 Å². The Labute approximate surface area is 393 Å². The maximum atomic E-state index is 12.8. The van der Waals surface area contributed by atoms with E-state index in [-0.39, 0.29) is 31.1 Å². The van der Waals surface area contributed by atoms with E-state index in [4.69, 9.17) is 14.2 Å². The number of carbonyl (C=O) groups excluding carboxylic acids is 3. The molecule has 0 heterocycles. The molecule has 0 N–H and O–H groups in total. The Morgan fingerprint density at radius 2 is 0.556 bits per heavy atom. The van der Waals surface area contributed by atoms with Gasteiger partial charge in [0, 0.05) is 19.3 Å². The first-order chi connectivity index (χ1) is 30.9. The van der Waals surface area contributed by atoms with E-state index in [1.807, 2.05) is 0 Å². The molecule has 0 aliphatic rings. The Hall–Kier alpha value is -1.59. The highest BCUT2D eigenvalue weighted by Gasteiger charge is 2.19. The number of carbonyl (C=O) groups is 3. The first kappa shape index (κ1) is 61.4. The lowest BCUT2D eigenvalue weighted by atomic mass is 9.99. The van der Waals surface area contributed by atoms with Crippen molar-refractivity contribution in [3.63, 3.8) is 0 Å². The molecule has 0 aromatic heterocycles. The van der Waals surface area contributed by atoms with Crippen LogP contribution in [0.3, 0.4) is 0 Å². The highest BCUT2D eigenvalue weighted by molar-refractivity contribution is 5.71. The standard InChI is InChI=1S/C57H110O6/c1-5-8-10-12-14-16-18-20-21-25-29-32-36-40-44-48-55(58)61-51-54(63-57(60)50-46-42-38-34-28-19-17-15-13-11-9-6-2)52-62-56(59)49-45-41-37-33-30-26-23-22-24-27-31-35-39-43-47-53(4)7-3/h53-54H,5-52H2,1-4H3/t53?,54-/m1/s1. The average Bonchev–Trinajstić information content (AvgIpc) is 3.28. The summed E-state index contributed by atoms with van der Waals surface area (Å²) in [4.78, 5) is 38.1. The molecule has 374 valence electrons. The van der Waals surface area contributed by atoms with Crippen molar-refractivity contribution in [3.8, 4) is 0 Å². The van der Waals surface area contributed by atoms with E-state index in [0.717, 1.165) is 63.7 Å². The Morgan fingerprint density at radius 3 is 0.825 bits per heavy atom. The molecular weight excluding hydrogens is 781 g/mol. The van der Waals surface area contributed by atoms with Gasteiger partial charge in [-0.25, -0.2) is 0 Å². The third kappa shape index (κ3) is 49.7. The second-order valence-corrected chi connectivity index (χ2v) is 19.8. The minimum absolute atomic E-state index is 0.0619. The van der Waals surface area contributed by atoms with Gasteiger partial charge in [0.2, 0.25) is 0 Å². The van der Waals surface area contributed by atoms with Crippen LogP contribution in [0.4, 0.5) is 0 Å². The summed E-state index contributed by atoms with van der Waals surface area (Å²) in [6.45, 7) is 9.09. The molecule has 1 unspecified atom stereocenters. The Balaban J connectivity index is 4.27. The molecule has 0 rings (SSSR count). The van der Waals surface area contributed by atoms with Gasteiger partial charge in [-0.05, 0) is 25.2 Å². The summed E-state index contributed by atoms with van der Waals surface area (Å²) < 4.78 is 16.9. The summed E-state index contributed by atoms with van der Waals surface area (Å²) in [6, 6.07) is 0. The van der Waals surface area contributed by atoms with Crippen molar-refractivity contribution in [1.29, 1.82) is 0 Å². The maximum Gasteiger partial charge on any atom is 0.306 e. The molecule has 0 aromatic carbocycles. The van der Waals surface area contributed by atoms with Crippen LogP contribution in [0.1, 0.15) is 323 Å². The summed E-state index contributed by atoms with van der Waals surface area (Å²) in [5.41, 5.74) is 0. The summed E-state index contributed by atoms with van der Waals surface area (Å²) in [5, 5.41) is 0. The molecule has 0 bridgehead atoms. The fourth-order valence-corrected chi connectivity index (χ4v) is 8.72. The summed E-state index contributed by atoms with van der Waals surface area (Å²) in [5.74, 6) is 0.0589. The molecular formula is C57H110O6. The number of esters is 3. The van der Waals surface area contributed by atoms with Crippen molar-refractivity contribution in [2.75, 3.05) is 13.2 Å². The molecule has 0 aliphatic carbocycles. The van der Waals surface area contributed by atoms with Crippen LogP contribution in [0.25, 0.3) is 0 Å².